The highest BCUT2D eigenvalue weighted by Gasteiger charge is 2.26. The van der Waals surface area contributed by atoms with Gasteiger partial charge in [0.1, 0.15) is 22.8 Å². The van der Waals surface area contributed by atoms with Crippen LogP contribution in [-0.2, 0) is 0 Å². The smallest absolute Gasteiger partial charge is 0.263 e. The normalized spacial score (nSPS) is 11.2. The molecule has 0 aliphatic carbocycles. The maximum Gasteiger partial charge on any atom is 0.263 e. The van der Waals surface area contributed by atoms with Crippen LogP contribution in [0.4, 0.5) is 18.3 Å². The van der Waals surface area contributed by atoms with E-state index >= 15 is 0 Å². The summed E-state index contributed by atoms with van der Waals surface area (Å²) in [7, 11) is 0. The second kappa shape index (κ2) is 6.92. The molecule has 0 aliphatic heterocycles. The molecule has 4 rings (SSSR count). The van der Waals surface area contributed by atoms with Crippen LogP contribution >= 0.6 is 22.9 Å². The van der Waals surface area contributed by atoms with Gasteiger partial charge in [-0.2, -0.15) is 0 Å². The Morgan fingerprint density at radius 1 is 1.18 bits per heavy atom. The van der Waals surface area contributed by atoms with Gasteiger partial charge in [-0.3, -0.25) is 10.1 Å². The second-order valence-corrected chi connectivity index (χ2v) is 7.20. The van der Waals surface area contributed by atoms with E-state index in [0.29, 0.717) is 4.70 Å². The summed E-state index contributed by atoms with van der Waals surface area (Å²) in [4.78, 5) is 16.8. The number of hydrogen-bond acceptors (Lipinski definition) is 5. The molecule has 1 N–H and O–H groups in total. The highest BCUT2D eigenvalue weighted by Crippen LogP contribution is 2.34. The first kappa shape index (κ1) is 18.5. The van der Waals surface area contributed by atoms with Crippen LogP contribution in [0.3, 0.4) is 0 Å². The van der Waals surface area contributed by atoms with Gasteiger partial charge < -0.3 is 4.52 Å². The van der Waals surface area contributed by atoms with Crippen LogP contribution in [0.15, 0.2) is 34.9 Å². The fraction of sp³-hybridized carbons (Fsp3) is 0.0556. The molecule has 1 amide bonds. The highest BCUT2D eigenvalue weighted by molar-refractivity contribution is 7.22. The van der Waals surface area contributed by atoms with Crippen LogP contribution in [0.25, 0.3) is 21.5 Å². The monoisotopic (exact) mass is 423 g/mol. The Morgan fingerprint density at radius 3 is 2.68 bits per heavy atom. The van der Waals surface area contributed by atoms with E-state index in [-0.39, 0.29) is 38.3 Å². The van der Waals surface area contributed by atoms with Gasteiger partial charge in [0.25, 0.3) is 5.91 Å². The van der Waals surface area contributed by atoms with E-state index in [4.69, 9.17) is 16.1 Å². The lowest BCUT2D eigenvalue weighted by Crippen LogP contribution is -2.13. The fourth-order valence-electron chi connectivity index (χ4n) is 2.67. The van der Waals surface area contributed by atoms with Gasteiger partial charge in [-0.05, 0) is 25.1 Å². The van der Waals surface area contributed by atoms with Crippen molar-refractivity contribution in [2.24, 2.45) is 0 Å². The predicted octanol–water partition coefficient (Wildman–Crippen LogP) is 5.58. The van der Waals surface area contributed by atoms with E-state index in [2.05, 4.69) is 15.5 Å². The fourth-order valence-corrected chi connectivity index (χ4v) is 3.79. The van der Waals surface area contributed by atoms with Gasteiger partial charge in [0.2, 0.25) is 0 Å². The van der Waals surface area contributed by atoms with Crippen molar-refractivity contribution in [1.29, 1.82) is 0 Å². The molecule has 0 saturated heterocycles. The zero-order valence-corrected chi connectivity index (χ0v) is 15.6. The summed E-state index contributed by atoms with van der Waals surface area (Å²) in [5.74, 6) is -3.25. The number of halogens is 4. The van der Waals surface area contributed by atoms with Crippen molar-refractivity contribution in [3.05, 3.63) is 64.1 Å². The van der Waals surface area contributed by atoms with Crippen molar-refractivity contribution >= 4 is 44.2 Å². The quantitative estimate of drug-likeness (QED) is 0.467. The number of nitrogens with one attached hydrogen (secondary N) is 1. The lowest BCUT2D eigenvalue weighted by molar-refractivity contribution is 0.102. The van der Waals surface area contributed by atoms with E-state index in [0.717, 1.165) is 23.5 Å². The Bertz CT molecular complexity index is 1180. The number of rotatable bonds is 3. The van der Waals surface area contributed by atoms with Crippen LogP contribution in [0.5, 0.6) is 0 Å². The molecule has 2 aromatic heterocycles. The Labute approximate surface area is 164 Å². The second-order valence-electron chi connectivity index (χ2n) is 5.77. The number of aromatic nitrogens is 2. The van der Waals surface area contributed by atoms with Gasteiger partial charge in [-0.1, -0.05) is 34.2 Å². The van der Waals surface area contributed by atoms with E-state index in [9.17, 15) is 18.0 Å². The molecule has 0 unspecified atom stereocenters. The van der Waals surface area contributed by atoms with Gasteiger partial charge in [-0.15, -0.1) is 0 Å². The number of aryl methyl sites for hydroxylation is 1. The molecule has 0 radical (unpaired) electrons. The molecular weight excluding hydrogens is 415 g/mol. The predicted molar refractivity (Wildman–Crippen MR) is 99.1 cm³/mol. The molecule has 2 aromatic carbocycles. The number of nitrogens with zero attached hydrogens (tertiary/aromatic N) is 2. The molecule has 0 bridgehead atoms. The lowest BCUT2D eigenvalue weighted by Gasteiger charge is -2.05. The maximum absolute atomic E-state index is 14.3. The molecular formula is C18H9ClF3N3O2S. The summed E-state index contributed by atoms with van der Waals surface area (Å²) < 4.78 is 46.4. The summed E-state index contributed by atoms with van der Waals surface area (Å²) in [6.45, 7) is 1.49. The number of thiazole rings is 1. The minimum Gasteiger partial charge on any atom is -0.360 e. The summed E-state index contributed by atoms with van der Waals surface area (Å²) in [5.41, 5.74) is 0.0399. The van der Waals surface area contributed by atoms with Crippen LogP contribution in [0.2, 0.25) is 5.02 Å². The third-order valence-corrected chi connectivity index (χ3v) is 5.19. The van der Waals surface area contributed by atoms with E-state index in [1.807, 2.05) is 0 Å². The van der Waals surface area contributed by atoms with Gasteiger partial charge in [0.05, 0.1) is 20.8 Å². The molecule has 0 saturated carbocycles. The molecule has 2 heterocycles. The van der Waals surface area contributed by atoms with Gasteiger partial charge >= 0.3 is 0 Å². The van der Waals surface area contributed by atoms with Crippen LogP contribution in [0.1, 0.15) is 16.1 Å². The van der Waals surface area contributed by atoms with Crippen molar-refractivity contribution in [1.82, 2.24) is 10.1 Å². The highest BCUT2D eigenvalue weighted by atomic mass is 35.5. The Balaban J connectivity index is 1.73. The summed E-state index contributed by atoms with van der Waals surface area (Å²) >= 11 is 7.02. The molecule has 0 aliphatic rings. The number of anilines is 1. The van der Waals surface area contributed by atoms with E-state index < -0.39 is 23.4 Å². The zero-order chi connectivity index (χ0) is 20.0. The maximum atomic E-state index is 14.3. The lowest BCUT2D eigenvalue weighted by atomic mass is 10.1. The summed E-state index contributed by atoms with van der Waals surface area (Å²) in [6, 6.07) is 6.00. The molecule has 0 spiro atoms. The van der Waals surface area contributed by atoms with Crippen LogP contribution < -0.4 is 5.32 Å². The zero-order valence-electron chi connectivity index (χ0n) is 14.0. The average molecular weight is 424 g/mol. The van der Waals surface area contributed by atoms with Crippen molar-refractivity contribution in [2.45, 2.75) is 6.92 Å². The number of carbonyl (C=O) groups excluding carboxylic acids is 1. The number of hydrogen-bond donors (Lipinski definition) is 1. The Morgan fingerprint density at radius 2 is 1.93 bits per heavy atom. The molecule has 5 nitrogen and oxygen atoms in total. The average Bonchev–Trinajstić information content (AvgIpc) is 3.18. The molecule has 10 heteroatoms. The molecule has 0 fully saturated rings. The van der Waals surface area contributed by atoms with Gasteiger partial charge in [0.15, 0.2) is 16.8 Å². The molecule has 4 aromatic rings. The van der Waals surface area contributed by atoms with E-state index in [1.54, 1.807) is 0 Å². The van der Waals surface area contributed by atoms with Crippen molar-refractivity contribution < 1.29 is 22.5 Å². The first-order valence-corrected chi connectivity index (χ1v) is 9.02. The molecule has 0 atom stereocenters. The summed E-state index contributed by atoms with van der Waals surface area (Å²) in [6.07, 6.45) is 0. The number of benzene rings is 2. The first-order valence-electron chi connectivity index (χ1n) is 7.82. The first-order chi connectivity index (χ1) is 13.3. The van der Waals surface area contributed by atoms with E-state index in [1.165, 1.54) is 25.1 Å². The van der Waals surface area contributed by atoms with Gasteiger partial charge in [0, 0.05) is 6.07 Å². The standard InChI is InChI=1S/C18H9ClF3N3O2S/c1-7-14(16(25-27-7)15-8(19)3-2-4-9(15)20)17(26)24-18-23-12-5-10(21)11(22)6-13(12)28-18/h2-6H,1H3,(H,23,24,26). The number of carbonyl (C=O) groups is 1. The number of fused-ring (bicyclic) bond motifs is 1. The third-order valence-electron chi connectivity index (χ3n) is 3.94. The topological polar surface area (TPSA) is 68.0 Å². The summed E-state index contributed by atoms with van der Waals surface area (Å²) in [5, 5.41) is 6.45. The van der Waals surface area contributed by atoms with Crippen molar-refractivity contribution in [3.8, 4) is 11.3 Å². The van der Waals surface area contributed by atoms with Crippen molar-refractivity contribution in [2.75, 3.05) is 5.32 Å². The van der Waals surface area contributed by atoms with Crippen molar-refractivity contribution in [3.63, 3.8) is 0 Å². The minimum atomic E-state index is -1.04. The SMILES string of the molecule is Cc1onc(-c2c(F)cccc2Cl)c1C(=O)Nc1nc2cc(F)c(F)cc2s1. The largest absolute Gasteiger partial charge is 0.360 e. The van der Waals surface area contributed by atoms with Crippen LogP contribution in [0, 0.1) is 24.4 Å². The molecule has 28 heavy (non-hydrogen) atoms. The molecule has 142 valence electrons. The number of amides is 1. The Hall–Kier alpha value is -2.91. The minimum absolute atomic E-state index is 0.0244. The Kier molecular flexibility index (Phi) is 4.56. The van der Waals surface area contributed by atoms with Crippen LogP contribution in [-0.4, -0.2) is 16.0 Å². The third kappa shape index (κ3) is 3.12. The van der Waals surface area contributed by atoms with Gasteiger partial charge in [-0.25, -0.2) is 18.2 Å².